The van der Waals surface area contributed by atoms with Gasteiger partial charge >= 0.3 is 6.03 Å². The normalized spacial score (nSPS) is 19.8. The second-order valence-electron chi connectivity index (χ2n) is 10.3. The summed E-state index contributed by atoms with van der Waals surface area (Å²) in [6, 6.07) is 22.2. The van der Waals surface area contributed by atoms with Crippen LogP contribution in [0.3, 0.4) is 0 Å². The van der Waals surface area contributed by atoms with Crippen molar-refractivity contribution in [2.75, 3.05) is 45.8 Å². The van der Waals surface area contributed by atoms with E-state index < -0.39 is 0 Å². The molecule has 0 bridgehead atoms. The molecule has 0 unspecified atom stereocenters. The third kappa shape index (κ3) is 5.29. The minimum atomic E-state index is 0.0753. The van der Waals surface area contributed by atoms with Gasteiger partial charge in [-0.1, -0.05) is 48.5 Å². The van der Waals surface area contributed by atoms with Crippen LogP contribution in [0.5, 0.6) is 0 Å². The lowest BCUT2D eigenvalue weighted by molar-refractivity contribution is 0.0983. The fourth-order valence-corrected chi connectivity index (χ4v) is 6.90. The van der Waals surface area contributed by atoms with Gasteiger partial charge in [-0.25, -0.2) is 9.79 Å². The van der Waals surface area contributed by atoms with Gasteiger partial charge < -0.3 is 15.1 Å². The number of piperazine rings is 1. The van der Waals surface area contributed by atoms with Crippen molar-refractivity contribution in [2.45, 2.75) is 32.2 Å². The fraction of sp³-hybridized carbons (Fsp3) is 0.400. The van der Waals surface area contributed by atoms with E-state index in [1.54, 1.807) is 0 Å². The van der Waals surface area contributed by atoms with Crippen molar-refractivity contribution in [2.24, 2.45) is 4.99 Å². The Bertz CT molecular complexity index is 1290. The number of rotatable bonds is 6. The van der Waals surface area contributed by atoms with Crippen LogP contribution in [-0.4, -0.2) is 78.4 Å². The lowest BCUT2D eigenvalue weighted by atomic mass is 10.0. The Morgan fingerprint density at radius 1 is 1.03 bits per heavy atom. The zero-order valence-electron chi connectivity index (χ0n) is 21.5. The number of carbonyl (C=O) groups is 1. The predicted molar refractivity (Wildman–Crippen MR) is 151 cm³/mol. The van der Waals surface area contributed by atoms with Gasteiger partial charge in [0.2, 0.25) is 0 Å². The van der Waals surface area contributed by atoms with Crippen molar-refractivity contribution >= 4 is 28.9 Å². The second kappa shape index (κ2) is 10.7. The van der Waals surface area contributed by atoms with Gasteiger partial charge in [-0.3, -0.25) is 4.90 Å². The van der Waals surface area contributed by atoms with Gasteiger partial charge in [-0.15, -0.1) is 11.3 Å². The van der Waals surface area contributed by atoms with Crippen LogP contribution in [0.4, 0.5) is 10.5 Å². The fourth-order valence-electron chi connectivity index (χ4n) is 5.85. The van der Waals surface area contributed by atoms with Crippen molar-refractivity contribution < 1.29 is 4.79 Å². The molecule has 0 saturated carbocycles. The van der Waals surface area contributed by atoms with Crippen LogP contribution in [0, 0.1) is 6.92 Å². The SMILES string of the molecule is Cc1cc2c(s1)Cc1ccccc1N=C2N1CCN(CCN2CCNC2=O)[C@@H](CCc2ccccc2)C1. The molecule has 37 heavy (non-hydrogen) atoms. The van der Waals surface area contributed by atoms with Crippen LogP contribution < -0.4 is 5.32 Å². The maximum atomic E-state index is 12.1. The van der Waals surface area contributed by atoms with E-state index in [2.05, 4.69) is 82.7 Å². The summed E-state index contributed by atoms with van der Waals surface area (Å²) >= 11 is 1.90. The van der Waals surface area contributed by atoms with E-state index in [1.165, 1.54) is 26.4 Å². The van der Waals surface area contributed by atoms with Gasteiger partial charge in [0, 0.05) is 73.6 Å². The number of para-hydroxylation sites is 1. The van der Waals surface area contributed by atoms with Crippen molar-refractivity contribution in [1.29, 1.82) is 0 Å². The minimum absolute atomic E-state index is 0.0753. The first kappa shape index (κ1) is 24.2. The third-order valence-corrected chi connectivity index (χ3v) is 8.91. The van der Waals surface area contributed by atoms with Gasteiger partial charge in [0.05, 0.1) is 5.69 Å². The van der Waals surface area contributed by atoms with Gasteiger partial charge in [0.1, 0.15) is 5.84 Å². The van der Waals surface area contributed by atoms with Crippen molar-refractivity contribution in [3.63, 3.8) is 0 Å². The molecule has 3 aromatic rings. The highest BCUT2D eigenvalue weighted by atomic mass is 32.1. The summed E-state index contributed by atoms with van der Waals surface area (Å²) in [5.74, 6) is 1.13. The number of benzene rings is 2. The monoisotopic (exact) mass is 513 g/mol. The first-order valence-corrected chi connectivity index (χ1v) is 14.3. The number of nitrogens with one attached hydrogen (secondary N) is 1. The van der Waals surface area contributed by atoms with Gasteiger partial charge in [-0.2, -0.15) is 0 Å². The van der Waals surface area contributed by atoms with Crippen molar-refractivity contribution in [3.8, 4) is 0 Å². The molecular formula is C30H35N5OS. The van der Waals surface area contributed by atoms with Crippen molar-refractivity contribution in [1.82, 2.24) is 20.0 Å². The minimum Gasteiger partial charge on any atom is -0.353 e. The molecule has 6 nitrogen and oxygen atoms in total. The van der Waals surface area contributed by atoms with E-state index in [0.717, 1.165) is 76.6 Å². The molecule has 2 aromatic carbocycles. The molecule has 3 aliphatic rings. The summed E-state index contributed by atoms with van der Waals surface area (Å²) in [6.45, 7) is 8.36. The summed E-state index contributed by atoms with van der Waals surface area (Å²) in [5.41, 5.74) is 5.10. The number of urea groups is 1. The molecule has 0 aliphatic carbocycles. The number of amides is 2. The Balaban J connectivity index is 1.25. The number of hydrogen-bond donors (Lipinski definition) is 1. The average molecular weight is 514 g/mol. The molecule has 2 amide bonds. The number of carbonyl (C=O) groups excluding carboxylic acids is 1. The Hall–Kier alpha value is -3.16. The highest BCUT2D eigenvalue weighted by molar-refractivity contribution is 7.12. The van der Waals surface area contributed by atoms with Crippen molar-refractivity contribution in [3.05, 3.63) is 87.1 Å². The largest absolute Gasteiger partial charge is 0.353 e. The van der Waals surface area contributed by atoms with E-state index in [9.17, 15) is 4.79 Å². The molecule has 1 atom stereocenters. The average Bonchev–Trinajstić information content (AvgIpc) is 3.46. The van der Waals surface area contributed by atoms with Gasteiger partial charge in [-0.05, 0) is 43.0 Å². The number of hydrogen-bond acceptors (Lipinski definition) is 5. The number of aryl methyl sites for hydroxylation is 2. The van der Waals surface area contributed by atoms with Gasteiger partial charge in [0.15, 0.2) is 0 Å². The first-order chi connectivity index (χ1) is 18.1. The number of thiophene rings is 1. The molecule has 4 heterocycles. The lowest BCUT2D eigenvalue weighted by Crippen LogP contribution is -2.56. The summed E-state index contributed by atoms with van der Waals surface area (Å²) in [6.07, 6.45) is 3.09. The summed E-state index contributed by atoms with van der Waals surface area (Å²) in [7, 11) is 0. The molecule has 2 saturated heterocycles. The standard InChI is InChI=1S/C30H35N5OS/c1-22-19-26-28(37-22)20-24-9-5-6-10-27(24)32-29(26)35-18-16-33(15-17-34-14-13-31-30(34)36)25(21-35)12-11-23-7-3-2-4-8-23/h2-10,19,25H,11-18,20-21H2,1H3,(H,31,36)/t25-/m0/s1. The first-order valence-electron chi connectivity index (χ1n) is 13.5. The Morgan fingerprint density at radius 2 is 1.86 bits per heavy atom. The van der Waals surface area contributed by atoms with Crippen LogP contribution in [0.15, 0.2) is 65.7 Å². The van der Waals surface area contributed by atoms with Gasteiger partial charge in [0.25, 0.3) is 0 Å². The molecule has 7 heteroatoms. The smallest absolute Gasteiger partial charge is 0.317 e. The molecular weight excluding hydrogens is 478 g/mol. The zero-order chi connectivity index (χ0) is 25.2. The molecule has 1 N–H and O–H groups in total. The summed E-state index contributed by atoms with van der Waals surface area (Å²) in [5, 5.41) is 2.94. The van der Waals surface area contributed by atoms with Crippen LogP contribution in [0.25, 0.3) is 0 Å². The molecule has 6 rings (SSSR count). The Morgan fingerprint density at radius 3 is 2.70 bits per heavy atom. The number of amidine groups is 1. The maximum Gasteiger partial charge on any atom is 0.317 e. The molecule has 0 spiro atoms. The Labute approximate surface area is 223 Å². The predicted octanol–water partition coefficient (Wildman–Crippen LogP) is 4.68. The molecule has 192 valence electrons. The summed E-state index contributed by atoms with van der Waals surface area (Å²) in [4.78, 5) is 27.3. The molecule has 0 radical (unpaired) electrons. The number of aliphatic imine (C=N–C) groups is 1. The van der Waals surface area contributed by atoms with Crippen LogP contribution in [0.1, 0.15) is 32.9 Å². The highest BCUT2D eigenvalue weighted by Gasteiger charge is 2.32. The topological polar surface area (TPSA) is 51.2 Å². The van der Waals surface area contributed by atoms with E-state index >= 15 is 0 Å². The highest BCUT2D eigenvalue weighted by Crippen LogP contribution is 2.34. The quantitative estimate of drug-likeness (QED) is 0.521. The Kier molecular flexibility index (Phi) is 6.98. The van der Waals surface area contributed by atoms with E-state index in [-0.39, 0.29) is 6.03 Å². The number of fused-ring (bicyclic) bond motifs is 2. The van der Waals surface area contributed by atoms with Crippen LogP contribution in [-0.2, 0) is 12.8 Å². The summed E-state index contributed by atoms with van der Waals surface area (Å²) < 4.78 is 0. The lowest BCUT2D eigenvalue weighted by Gasteiger charge is -2.43. The molecule has 1 aromatic heterocycles. The number of nitrogens with zero attached hydrogens (tertiary/aromatic N) is 4. The maximum absolute atomic E-state index is 12.1. The van der Waals surface area contributed by atoms with E-state index in [4.69, 9.17) is 4.99 Å². The van der Waals surface area contributed by atoms with Crippen LogP contribution >= 0.6 is 11.3 Å². The molecule has 2 fully saturated rings. The van der Waals surface area contributed by atoms with E-state index in [0.29, 0.717) is 6.04 Å². The molecule has 3 aliphatic heterocycles. The van der Waals surface area contributed by atoms with E-state index in [1.807, 2.05) is 16.2 Å². The third-order valence-electron chi connectivity index (χ3n) is 7.86. The second-order valence-corrected chi connectivity index (χ2v) is 11.7. The zero-order valence-corrected chi connectivity index (χ0v) is 22.3. The van der Waals surface area contributed by atoms with Crippen LogP contribution in [0.2, 0.25) is 0 Å².